The molecule has 2 aromatic carbocycles. The van der Waals surface area contributed by atoms with Crippen molar-refractivity contribution in [1.82, 2.24) is 0 Å². The molecule has 10 nitrogen and oxygen atoms in total. The number of benzene rings is 2. The Hall–Kier alpha value is -3.20. The van der Waals surface area contributed by atoms with Gasteiger partial charge >= 0.3 is 23.9 Å². The molecule has 0 saturated carbocycles. The molecule has 0 fully saturated rings. The Bertz CT molecular complexity index is 1980. The zero-order chi connectivity index (χ0) is 64.5. The number of ether oxygens (including phenoxy) is 5. The zero-order valence-electron chi connectivity index (χ0n) is 54.4. The van der Waals surface area contributed by atoms with Crippen molar-refractivity contribution >= 4 is 110 Å². The van der Waals surface area contributed by atoms with E-state index in [1.807, 2.05) is 79.5 Å². The highest BCUT2D eigenvalue weighted by Gasteiger charge is 2.14. The standard InChI is InChI=1S/C25H41NO4.C23H36O5.2C4H6.6CH4.2S4.4H2/c1-5-7-8-9-10-11-12-13-19-29-25(28)22-14-16-23(17-15-22)26(4)18-20-30-24(27)21(3)6-2;1-4-6-9-17-28-23(25)20-12-14-21(15-13-20)26-16-10-7-8-11-18-27-22(24)19(3)5-2;2*1-3-4-2;;;;;;;2*1-3-4-2;;;;/h14-17,21H,5-13,18-20H2,1-4H3;12-15,19H,4-11,16-18H2,1-3H3;2*1-2H3;6*1H4;;;4*1H/i;;;;;;;;;;;;4*1+1D. The van der Waals surface area contributed by atoms with E-state index < -0.39 is 0 Å². The Morgan fingerprint density at radius 2 is 0.775 bits per heavy atom. The minimum atomic E-state index is -0.281. The van der Waals surface area contributed by atoms with E-state index in [1.165, 1.54) is 74.0 Å². The summed E-state index contributed by atoms with van der Waals surface area (Å²) < 4.78 is 66.9. The van der Waals surface area contributed by atoms with Crippen LogP contribution in [0.2, 0.25) is 0 Å². The molecule has 2 atom stereocenters. The van der Waals surface area contributed by atoms with E-state index in [0.717, 1.165) is 82.1 Å². The minimum Gasteiger partial charge on any atom is -0.494 e. The van der Waals surface area contributed by atoms with Crippen molar-refractivity contribution in [2.24, 2.45) is 11.8 Å². The lowest BCUT2D eigenvalue weighted by Crippen LogP contribution is -2.25. The lowest BCUT2D eigenvalue weighted by Gasteiger charge is -2.20. The number of likely N-dealkylation sites (N-methyl/N-ethyl adjacent to an activating group) is 1. The van der Waals surface area contributed by atoms with Gasteiger partial charge in [-0.15, -0.1) is 23.7 Å². The average Bonchev–Trinajstić information content (AvgIpc) is 3.57. The number of carbonyl (C=O) groups is 4. The number of hydrogen-bond donors (Lipinski definition) is 0. The van der Waals surface area contributed by atoms with Gasteiger partial charge in [-0.3, -0.25) is 9.59 Å². The second-order valence-corrected chi connectivity index (χ2v) is 23.5. The average molecular weight is 1290 g/mol. The Balaban J connectivity index is -0.0000000724. The SMILES string of the molecule is C.C.C.C.C.C.CC#CC.CC#CC.CCCCCCCCCCOC(=O)c1ccc(N(C)CCOC(=O)C(C)CC)cc1.CCCCCOC(=O)c1ccc(OCCCCCCOC(=O)C(C)CC)cc1.S=S=S=S.S=S=S=S.[2H][2H].[2H][2H].[2H][2H].[2H][2H]. The summed E-state index contributed by atoms with van der Waals surface area (Å²) in [6.07, 6.45) is 18.4. The molecule has 0 spiro atoms. The molecular weight excluding hydrogens is 1160 g/mol. The Morgan fingerprint density at radius 1 is 0.475 bits per heavy atom. The quantitative estimate of drug-likeness (QED) is 0.0308. The summed E-state index contributed by atoms with van der Waals surface area (Å²) in [6.45, 7) is 22.4. The van der Waals surface area contributed by atoms with Gasteiger partial charge in [-0.25, -0.2) is 9.59 Å². The molecule has 18 heteroatoms. The Labute approximate surface area is 536 Å². The van der Waals surface area contributed by atoms with Crippen molar-refractivity contribution < 1.29 is 54.7 Å². The molecule has 0 aliphatic rings. The fourth-order valence-corrected chi connectivity index (χ4v) is 5.57. The van der Waals surface area contributed by atoms with Gasteiger partial charge in [0.05, 0.1) is 55.9 Å². The molecule has 0 N–H and O–H groups in total. The summed E-state index contributed by atoms with van der Waals surface area (Å²) in [5.74, 6) is 10.6. The molecular formula is C62H121NO9S8. The lowest BCUT2D eigenvalue weighted by molar-refractivity contribution is -0.148. The summed E-state index contributed by atoms with van der Waals surface area (Å²) in [5.41, 5.74) is 2.08. The largest absolute Gasteiger partial charge is 0.494 e. The third-order valence-corrected chi connectivity index (χ3v) is 15.1. The molecule has 2 aromatic rings. The van der Waals surface area contributed by atoms with Crippen LogP contribution in [0.25, 0.3) is 0 Å². The molecule has 476 valence electrons. The van der Waals surface area contributed by atoms with Gasteiger partial charge in [0.1, 0.15) is 12.4 Å². The van der Waals surface area contributed by atoms with Crippen LogP contribution in [0.4, 0.5) is 5.69 Å². The van der Waals surface area contributed by atoms with Crippen LogP contribution < -0.4 is 9.64 Å². The maximum Gasteiger partial charge on any atom is 0.338 e. The predicted octanol–water partition coefficient (Wildman–Crippen LogP) is 18.4. The monoisotopic (exact) mass is 1290 g/mol. The van der Waals surface area contributed by atoms with Crippen molar-refractivity contribution in [2.75, 3.05) is 51.5 Å². The van der Waals surface area contributed by atoms with Gasteiger partial charge in [-0.2, -0.15) is 0 Å². The van der Waals surface area contributed by atoms with Crippen LogP contribution >= 0.6 is 0 Å². The van der Waals surface area contributed by atoms with Gasteiger partial charge in [0.25, 0.3) is 0 Å². The van der Waals surface area contributed by atoms with Gasteiger partial charge < -0.3 is 28.6 Å². The van der Waals surface area contributed by atoms with Crippen LogP contribution in [0.15, 0.2) is 48.5 Å². The molecule has 0 heterocycles. The number of esters is 4. The van der Waals surface area contributed by atoms with Gasteiger partial charge in [0.2, 0.25) is 0 Å². The highest BCUT2D eigenvalue weighted by atomic mass is 33.2. The van der Waals surface area contributed by atoms with Gasteiger partial charge in [0.15, 0.2) is 0 Å². The minimum absolute atomic E-state index is 0. The van der Waals surface area contributed by atoms with Gasteiger partial charge in [-0.05, 0) is 128 Å². The molecule has 0 saturated heterocycles. The van der Waals surface area contributed by atoms with Crippen LogP contribution in [-0.2, 0) is 109 Å². The van der Waals surface area contributed by atoms with Crippen molar-refractivity contribution in [3.8, 4) is 29.4 Å². The predicted molar refractivity (Wildman–Crippen MR) is 380 cm³/mol. The molecule has 0 radical (unpaired) electrons. The first-order chi connectivity index (χ1) is 39.7. The lowest BCUT2D eigenvalue weighted by atomic mass is 10.1. The fraction of sp³-hybridized carbons (Fsp3) is 0.677. The molecule has 0 aliphatic carbocycles. The highest BCUT2D eigenvalue weighted by molar-refractivity contribution is 8.51. The van der Waals surface area contributed by atoms with E-state index >= 15 is 0 Å². The van der Waals surface area contributed by atoms with Gasteiger partial charge in [0, 0.05) is 105 Å². The first-order valence-electron chi connectivity index (χ1n) is 29.8. The third-order valence-electron chi connectivity index (χ3n) is 10.7. The van der Waals surface area contributed by atoms with E-state index in [9.17, 15) is 19.2 Å². The summed E-state index contributed by atoms with van der Waals surface area (Å²) in [5, 5.41) is 0. The van der Waals surface area contributed by atoms with Crippen molar-refractivity contribution in [1.29, 1.82) is 0 Å². The smallest absolute Gasteiger partial charge is 0.338 e. The topological polar surface area (TPSA) is 118 Å². The molecule has 0 aromatic heterocycles. The summed E-state index contributed by atoms with van der Waals surface area (Å²) in [6, 6.07) is 14.4. The van der Waals surface area contributed by atoms with Crippen LogP contribution in [0.3, 0.4) is 0 Å². The molecule has 80 heavy (non-hydrogen) atoms. The van der Waals surface area contributed by atoms with Crippen molar-refractivity contribution in [2.45, 2.75) is 223 Å². The number of hydrogen-bond acceptors (Lipinski definition) is 14. The fourth-order valence-electron chi connectivity index (χ4n) is 5.57. The highest BCUT2D eigenvalue weighted by Crippen LogP contribution is 2.17. The maximum atomic E-state index is 12.2. The number of rotatable bonds is 31. The van der Waals surface area contributed by atoms with E-state index in [1.54, 1.807) is 36.4 Å². The first kappa shape index (κ1) is 88.0. The van der Waals surface area contributed by atoms with E-state index in [0.29, 0.717) is 50.7 Å². The summed E-state index contributed by atoms with van der Waals surface area (Å²) in [7, 11) is 6.62. The maximum absolute atomic E-state index is 12.2. The molecule has 2 rings (SSSR count). The Kier molecular flexibility index (Phi) is 85.7. The summed E-state index contributed by atoms with van der Waals surface area (Å²) in [4.78, 5) is 49.3. The van der Waals surface area contributed by atoms with Crippen molar-refractivity contribution in [3.05, 3.63) is 59.7 Å². The molecule has 0 aliphatic heterocycles. The molecule has 2 unspecified atom stereocenters. The Morgan fingerprint density at radius 3 is 1.12 bits per heavy atom. The zero-order valence-corrected chi connectivity index (χ0v) is 53.0. The van der Waals surface area contributed by atoms with Crippen LogP contribution in [-0.4, -0.2) is 70.5 Å². The first-order valence-corrected chi connectivity index (χ1v) is 33.8. The second kappa shape index (κ2) is 77.9. The van der Waals surface area contributed by atoms with Crippen LogP contribution in [0.1, 0.15) is 256 Å². The number of unbranched alkanes of at least 4 members (excludes halogenated alkanes) is 12. The van der Waals surface area contributed by atoms with E-state index in [-0.39, 0.29) is 80.3 Å². The normalized spacial score (nSPS) is 9.74. The van der Waals surface area contributed by atoms with E-state index in [2.05, 4.69) is 82.3 Å². The van der Waals surface area contributed by atoms with Gasteiger partial charge in [-0.1, -0.05) is 144 Å². The van der Waals surface area contributed by atoms with Crippen LogP contribution in [0.5, 0.6) is 5.75 Å². The number of nitrogens with zero attached hydrogens (tertiary/aromatic N) is 1. The number of anilines is 1. The van der Waals surface area contributed by atoms with E-state index in [4.69, 9.17) is 35.6 Å². The molecule has 0 amide bonds. The molecule has 0 bridgehead atoms. The van der Waals surface area contributed by atoms with Crippen LogP contribution in [0, 0.1) is 35.5 Å². The van der Waals surface area contributed by atoms with Crippen molar-refractivity contribution in [3.63, 3.8) is 0 Å². The summed E-state index contributed by atoms with van der Waals surface area (Å²) >= 11 is 17.3. The second-order valence-electron chi connectivity index (χ2n) is 16.4. The third kappa shape index (κ3) is 65.6. The number of carbonyl (C=O) groups excluding carboxylic acids is 4.